The zero-order valence-electron chi connectivity index (χ0n) is 15.3. The Bertz CT molecular complexity index is 985. The maximum Gasteiger partial charge on any atom is 0.204 e. The molecule has 0 atom stereocenters. The quantitative estimate of drug-likeness (QED) is 0.525. The normalized spacial score (nSPS) is 11.5. The highest BCUT2D eigenvalue weighted by molar-refractivity contribution is 6.13. The van der Waals surface area contributed by atoms with E-state index in [1.165, 1.54) is 14.2 Å². The van der Waals surface area contributed by atoms with Crippen LogP contribution >= 0.6 is 0 Å². The molecule has 5 nitrogen and oxygen atoms in total. The third-order valence-electron chi connectivity index (χ3n) is 4.30. The van der Waals surface area contributed by atoms with E-state index in [0.717, 1.165) is 16.5 Å². The summed E-state index contributed by atoms with van der Waals surface area (Å²) in [4.78, 5) is 16.2. The highest BCUT2D eigenvalue weighted by Gasteiger charge is 2.21. The molecule has 1 N–H and O–H groups in total. The Kier molecular flexibility index (Phi) is 4.98. The van der Waals surface area contributed by atoms with E-state index in [4.69, 9.17) is 14.2 Å². The van der Waals surface area contributed by atoms with Gasteiger partial charge in [-0.25, -0.2) is 0 Å². The fourth-order valence-corrected chi connectivity index (χ4v) is 3.00. The summed E-state index contributed by atoms with van der Waals surface area (Å²) in [5.41, 5.74) is 3.02. The van der Waals surface area contributed by atoms with Crippen molar-refractivity contribution in [2.75, 3.05) is 21.3 Å². The van der Waals surface area contributed by atoms with Gasteiger partial charge in [-0.1, -0.05) is 18.2 Å². The zero-order chi connectivity index (χ0) is 18.7. The molecule has 0 bridgehead atoms. The molecule has 0 aliphatic rings. The van der Waals surface area contributed by atoms with Crippen molar-refractivity contribution in [2.45, 2.75) is 6.92 Å². The molecule has 0 fully saturated rings. The number of aromatic amines is 1. The molecule has 1 aromatic heterocycles. The predicted molar refractivity (Wildman–Crippen MR) is 102 cm³/mol. The van der Waals surface area contributed by atoms with Crippen LogP contribution in [0.1, 0.15) is 22.8 Å². The van der Waals surface area contributed by atoms with E-state index in [2.05, 4.69) is 4.98 Å². The Hall–Kier alpha value is -3.21. The highest BCUT2D eigenvalue weighted by atomic mass is 16.5. The minimum absolute atomic E-state index is 0.131. The third kappa shape index (κ3) is 3.04. The molecule has 0 saturated heterocycles. The van der Waals surface area contributed by atoms with Crippen LogP contribution in [-0.2, 0) is 0 Å². The molecule has 5 heteroatoms. The van der Waals surface area contributed by atoms with Gasteiger partial charge in [0.15, 0.2) is 17.3 Å². The molecular weight excluding hydrogens is 330 g/mol. The van der Waals surface area contributed by atoms with Crippen molar-refractivity contribution in [1.82, 2.24) is 4.98 Å². The van der Waals surface area contributed by atoms with Crippen LogP contribution in [0.15, 0.2) is 48.2 Å². The minimum atomic E-state index is -0.131. The number of para-hydroxylation sites is 1. The van der Waals surface area contributed by atoms with Crippen molar-refractivity contribution in [3.05, 3.63) is 59.3 Å². The lowest BCUT2D eigenvalue weighted by Crippen LogP contribution is -2.06. The first-order chi connectivity index (χ1) is 12.6. The number of allylic oxidation sites excluding steroid dienone is 1. The number of benzene rings is 2. The first-order valence-corrected chi connectivity index (χ1v) is 8.18. The van der Waals surface area contributed by atoms with Gasteiger partial charge in [-0.3, -0.25) is 4.79 Å². The van der Waals surface area contributed by atoms with Gasteiger partial charge >= 0.3 is 0 Å². The molecule has 2 aromatic carbocycles. The van der Waals surface area contributed by atoms with Crippen molar-refractivity contribution in [1.29, 1.82) is 0 Å². The fourth-order valence-electron chi connectivity index (χ4n) is 3.00. The van der Waals surface area contributed by atoms with Crippen LogP contribution in [0.4, 0.5) is 0 Å². The second kappa shape index (κ2) is 7.35. The number of Topliss-reactive ketones (excluding diaryl/α,β-unsaturated/α-hetero) is 1. The number of nitrogens with one attached hydrogen (secondary N) is 1. The molecule has 3 rings (SSSR count). The van der Waals surface area contributed by atoms with Gasteiger partial charge in [0, 0.05) is 22.7 Å². The number of rotatable bonds is 6. The first-order valence-electron chi connectivity index (χ1n) is 8.18. The van der Waals surface area contributed by atoms with E-state index in [9.17, 15) is 4.79 Å². The van der Waals surface area contributed by atoms with Crippen LogP contribution < -0.4 is 14.2 Å². The summed E-state index contributed by atoms with van der Waals surface area (Å²) < 4.78 is 16.1. The predicted octanol–water partition coefficient (Wildman–Crippen LogP) is 4.48. The summed E-state index contributed by atoms with van der Waals surface area (Å²) in [6.45, 7) is 1.79. The van der Waals surface area contributed by atoms with Crippen molar-refractivity contribution < 1.29 is 19.0 Å². The molecule has 0 aliphatic heterocycles. The smallest absolute Gasteiger partial charge is 0.204 e. The van der Waals surface area contributed by atoms with E-state index in [1.54, 1.807) is 26.2 Å². The van der Waals surface area contributed by atoms with Gasteiger partial charge in [-0.2, -0.15) is 0 Å². The Labute approximate surface area is 152 Å². The number of ketones is 1. The Morgan fingerprint density at radius 3 is 2.38 bits per heavy atom. The number of ether oxygens (including phenoxy) is 3. The van der Waals surface area contributed by atoms with Gasteiger partial charge in [0.1, 0.15) is 0 Å². The third-order valence-corrected chi connectivity index (χ3v) is 4.30. The van der Waals surface area contributed by atoms with Crippen molar-refractivity contribution in [2.24, 2.45) is 0 Å². The van der Waals surface area contributed by atoms with Gasteiger partial charge in [-0.05, 0) is 36.8 Å². The van der Waals surface area contributed by atoms with Crippen LogP contribution in [0.25, 0.3) is 17.0 Å². The lowest BCUT2D eigenvalue weighted by molar-refractivity contribution is 0.103. The Balaban J connectivity index is 2.03. The molecule has 1 heterocycles. The van der Waals surface area contributed by atoms with E-state index >= 15 is 0 Å². The minimum Gasteiger partial charge on any atom is -0.493 e. The highest BCUT2D eigenvalue weighted by Crippen LogP contribution is 2.40. The molecule has 0 spiro atoms. The molecule has 0 saturated carbocycles. The van der Waals surface area contributed by atoms with Crippen molar-refractivity contribution >= 4 is 22.8 Å². The molecule has 134 valence electrons. The molecule has 0 unspecified atom stereocenters. The van der Waals surface area contributed by atoms with Gasteiger partial charge in [0.05, 0.1) is 26.9 Å². The van der Waals surface area contributed by atoms with E-state index in [1.807, 2.05) is 36.5 Å². The summed E-state index contributed by atoms with van der Waals surface area (Å²) in [5.74, 6) is 1.15. The lowest BCUT2D eigenvalue weighted by Gasteiger charge is -2.15. The number of carbonyl (C=O) groups excluding carboxylic acids is 1. The van der Waals surface area contributed by atoms with Crippen molar-refractivity contribution in [3.8, 4) is 17.2 Å². The summed E-state index contributed by atoms with van der Waals surface area (Å²) in [6.07, 6.45) is 3.77. The number of H-pyrrole nitrogens is 1. The first kappa shape index (κ1) is 17.6. The zero-order valence-corrected chi connectivity index (χ0v) is 15.3. The Morgan fingerprint density at radius 1 is 0.962 bits per heavy atom. The fraction of sp³-hybridized carbons (Fsp3) is 0.190. The van der Waals surface area contributed by atoms with Gasteiger partial charge < -0.3 is 19.2 Å². The van der Waals surface area contributed by atoms with Crippen molar-refractivity contribution in [3.63, 3.8) is 0 Å². The number of hydrogen-bond acceptors (Lipinski definition) is 4. The number of hydrogen-bond donors (Lipinski definition) is 1. The maximum atomic E-state index is 13.0. The molecule has 3 aromatic rings. The van der Waals surface area contributed by atoms with Gasteiger partial charge in [0.25, 0.3) is 0 Å². The van der Waals surface area contributed by atoms with E-state index in [-0.39, 0.29) is 5.78 Å². The molecular formula is C21H21NO4. The monoisotopic (exact) mass is 351 g/mol. The second-order valence-corrected chi connectivity index (χ2v) is 5.83. The number of aromatic nitrogens is 1. The average molecular weight is 351 g/mol. The van der Waals surface area contributed by atoms with Crippen LogP contribution in [0.2, 0.25) is 0 Å². The SMILES string of the molecule is COc1ccc(C(=O)/C(C)=C/c2c[nH]c3ccccc23)c(OC)c1OC. The maximum absolute atomic E-state index is 13.0. The lowest BCUT2D eigenvalue weighted by atomic mass is 10.0. The molecule has 0 amide bonds. The molecule has 0 aliphatic carbocycles. The van der Waals surface area contributed by atoms with Crippen LogP contribution in [-0.4, -0.2) is 32.1 Å². The molecule has 26 heavy (non-hydrogen) atoms. The van der Waals surface area contributed by atoms with E-state index in [0.29, 0.717) is 28.4 Å². The van der Waals surface area contributed by atoms with Crippen LogP contribution in [0.5, 0.6) is 17.2 Å². The second-order valence-electron chi connectivity index (χ2n) is 5.83. The number of methoxy groups -OCH3 is 3. The standard InChI is InChI=1S/C21H21NO4/c1-13(11-14-12-22-17-8-6-5-7-15(14)17)19(23)16-9-10-18(24-2)21(26-4)20(16)25-3/h5-12,22H,1-4H3/b13-11+. The van der Waals surface area contributed by atoms with Crippen LogP contribution in [0.3, 0.4) is 0 Å². The van der Waals surface area contributed by atoms with Gasteiger partial charge in [0.2, 0.25) is 5.75 Å². The summed E-state index contributed by atoms with van der Waals surface area (Å²) in [6, 6.07) is 11.4. The summed E-state index contributed by atoms with van der Waals surface area (Å²) >= 11 is 0. The largest absolute Gasteiger partial charge is 0.493 e. The van der Waals surface area contributed by atoms with Crippen LogP contribution in [0, 0.1) is 0 Å². The van der Waals surface area contributed by atoms with Gasteiger partial charge in [-0.15, -0.1) is 0 Å². The van der Waals surface area contributed by atoms with E-state index < -0.39 is 0 Å². The molecule has 0 radical (unpaired) electrons. The number of fused-ring (bicyclic) bond motifs is 1. The topological polar surface area (TPSA) is 60.6 Å². The summed E-state index contributed by atoms with van der Waals surface area (Å²) in [5, 5.41) is 1.07. The summed E-state index contributed by atoms with van der Waals surface area (Å²) in [7, 11) is 4.57. The Morgan fingerprint density at radius 2 is 1.69 bits per heavy atom. The number of carbonyl (C=O) groups is 1. The average Bonchev–Trinajstić information content (AvgIpc) is 3.08.